The summed E-state index contributed by atoms with van der Waals surface area (Å²) in [5.74, 6) is 0. The van der Waals surface area contributed by atoms with E-state index in [9.17, 15) is 0 Å². The second-order valence-electron chi connectivity index (χ2n) is 23.6. The minimum Gasteiger partial charge on any atom is -0.222 e. The largest absolute Gasteiger partial charge is 4.00 e. The van der Waals surface area contributed by atoms with Crippen LogP contribution in [0.2, 0.25) is 157 Å². The van der Waals surface area contributed by atoms with Crippen LogP contribution >= 0.6 is 14.1 Å². The van der Waals surface area contributed by atoms with Crippen LogP contribution in [0, 0.1) is 89.3 Å². The topological polar surface area (TPSA) is 92.2 Å². The van der Waals surface area contributed by atoms with Crippen LogP contribution in [-0.2, 0) is 74.7 Å². The molecule has 1 fully saturated rings. The Morgan fingerprint density at radius 3 is 0.843 bits per heavy atom. The van der Waals surface area contributed by atoms with Gasteiger partial charge in [-0.1, -0.05) is 170 Å². The van der Waals surface area contributed by atoms with Crippen molar-refractivity contribution in [2.75, 3.05) is 0 Å². The summed E-state index contributed by atoms with van der Waals surface area (Å²) >= 11 is 6.50. The molecule has 18 heteroatoms. The van der Waals surface area contributed by atoms with Crippen molar-refractivity contribution in [3.8, 4) is 22.2 Å². The molecule has 4 radical (unpaired) electrons. The molecule has 0 aromatic heterocycles. The Morgan fingerprint density at radius 2 is 0.757 bits per heavy atom. The Labute approximate surface area is 501 Å². The molecule has 0 bridgehead atoms. The monoisotopic (exact) mass is 1340 g/mol. The fourth-order valence-corrected chi connectivity index (χ4v) is 8.27. The van der Waals surface area contributed by atoms with Gasteiger partial charge in [-0.3, -0.25) is 0 Å². The molecule has 0 saturated heterocycles. The number of hydrogen-bond acceptors (Lipinski definition) is 4. The number of hydrogen-bond donors (Lipinski definition) is 0. The van der Waals surface area contributed by atoms with E-state index in [4.69, 9.17) is 44.3 Å². The second-order valence-corrected chi connectivity index (χ2v) is 63.6. The molecule has 4 nitrogen and oxygen atoms in total. The molecule has 0 unspecified atom stereocenters. The van der Waals surface area contributed by atoms with Gasteiger partial charge in [0.2, 0.25) is 0 Å². The number of rotatable bonds is 4. The molecule has 0 spiro atoms. The van der Waals surface area contributed by atoms with Gasteiger partial charge in [0.1, 0.15) is 0 Å². The predicted octanol–water partition coefficient (Wildman–Crippen LogP) is 10.0. The molecule has 0 aliphatic heterocycles. The van der Waals surface area contributed by atoms with Crippen molar-refractivity contribution in [3.63, 3.8) is 0 Å². The Hall–Kier alpha value is 1.10. The predicted molar refractivity (Wildman–Crippen MR) is 310 cm³/mol. The molecule has 0 N–H and O–H groups in total. The zero-order valence-corrected chi connectivity index (χ0v) is 62.6. The summed E-state index contributed by atoms with van der Waals surface area (Å²) in [6.07, 6.45) is 35.4. The smallest absolute Gasteiger partial charge is 0.222 e. The first-order valence-electron chi connectivity index (χ1n) is 22.0. The van der Waals surface area contributed by atoms with Crippen LogP contribution in [0.4, 0.5) is 0 Å². The Kier molecular flexibility index (Phi) is 57.1. The first-order valence-corrected chi connectivity index (χ1v) is 53.6. The average Bonchev–Trinajstić information content (AvgIpc) is 3.98. The van der Waals surface area contributed by atoms with E-state index in [1.807, 2.05) is 0 Å². The van der Waals surface area contributed by atoms with E-state index in [0.717, 1.165) is 0 Å². The van der Waals surface area contributed by atoms with Crippen molar-refractivity contribution < 1.29 is 104 Å². The summed E-state index contributed by atoms with van der Waals surface area (Å²) < 4.78 is 34.0. The Bertz CT molecular complexity index is 1570. The molecule has 1 saturated carbocycles. The van der Waals surface area contributed by atoms with Gasteiger partial charge in [-0.2, -0.15) is 64.8 Å². The molecule has 396 valence electrons. The average molecular weight is 1340 g/mol. The van der Waals surface area contributed by atoms with E-state index in [1.54, 1.807) is 21.1 Å². The van der Waals surface area contributed by atoms with E-state index >= 15 is 0 Å². The van der Waals surface area contributed by atoms with Gasteiger partial charge >= 0.3 is 88.8 Å². The van der Waals surface area contributed by atoms with Crippen LogP contribution in [-0.4, -0.2) is 64.6 Å². The minimum atomic E-state index is -4.94. The van der Waals surface area contributed by atoms with E-state index in [0.29, 0.717) is 0 Å². The van der Waals surface area contributed by atoms with Crippen molar-refractivity contribution >= 4 is 94.3 Å². The van der Waals surface area contributed by atoms with Gasteiger partial charge in [0.25, 0.3) is 0 Å². The molecule has 0 amide bonds. The molecule has 0 heterocycles. The van der Waals surface area contributed by atoms with Gasteiger partial charge < -0.3 is 54.3 Å². The second kappa shape index (κ2) is 44.1. The van der Waals surface area contributed by atoms with Gasteiger partial charge in [-0.05, 0) is 0 Å². The quantitative estimate of drug-likeness (QED) is 0.148. The molecular formula is C52H88BrClCu2O4Si8Ti2. The van der Waals surface area contributed by atoms with Crippen molar-refractivity contribution in [2.45, 2.75) is 157 Å². The van der Waals surface area contributed by atoms with Crippen LogP contribution in [0.3, 0.4) is 0 Å². The third-order valence-corrected chi connectivity index (χ3v) is 18.9. The summed E-state index contributed by atoms with van der Waals surface area (Å²) in [6.45, 7) is 53.4. The van der Waals surface area contributed by atoms with Crippen LogP contribution in [0.1, 0.15) is 0 Å². The maximum absolute atomic E-state index is 8.49. The third kappa shape index (κ3) is 75.6. The van der Waals surface area contributed by atoms with Gasteiger partial charge in [0, 0.05) is 16.1 Å². The van der Waals surface area contributed by atoms with Gasteiger partial charge in [-0.25, -0.2) is 54.2 Å². The third-order valence-electron chi connectivity index (χ3n) is 7.61. The van der Waals surface area contributed by atoms with Gasteiger partial charge in [0.05, 0.1) is 48.4 Å². The Balaban J connectivity index is -0.0000000853. The minimum absolute atomic E-state index is 0. The first-order chi connectivity index (χ1) is 29.7. The SMILES string of the molecule is C[Si](C)(C)[C]1[CH][CH][CH][CH-]1.C[Si](C)(C)c1cc[cH-]c1.C[Si](C)(C)c1ccc[cH-]1.C[Si](C)(C)c1ccc[cH-]1.[C-]#C[Si](C)(C)C.[C-]#C[Si](C)(C)C.[C-]#C[Si](C)(C)C.[C-]#C[Si](C)(C)C.[Cu+].[Cu][Br].[O-][Cl+3]([O-])([O-])[O-].[Ti+4].[Ti+4]. The summed E-state index contributed by atoms with van der Waals surface area (Å²) in [5.41, 5.74) is 11.5. The zero-order valence-electron chi connectivity index (χ0n) is 47.2. The van der Waals surface area contributed by atoms with Crippen LogP contribution in [0.15, 0.2) is 72.8 Å². The fourth-order valence-electron chi connectivity index (χ4n) is 3.50. The standard InChI is InChI=1S/4C8H13Si.4C5H9Si.BrH.ClHO4.2Cu.2Ti/c4*1-9(2,3)8-6-4-5-7-8;4*1-5-6(2,3)4;;2-1(3,4)5;;;;/h4*4-7H,1-3H3;4*2-4H3;1H;(H,2,3,4,5);;;;/q8*-1;;;2*+1;2*+4/p-2. The first kappa shape index (κ1) is 90.6. The molecular weight excluding hydrogens is 1250 g/mol. The summed E-state index contributed by atoms with van der Waals surface area (Å²) in [7, 11) is -13.7. The van der Waals surface area contributed by atoms with E-state index in [1.165, 1.54) is 0 Å². The molecule has 4 rings (SSSR count). The zero-order chi connectivity index (χ0) is 55.0. The van der Waals surface area contributed by atoms with Crippen LogP contribution < -0.4 is 34.2 Å². The van der Waals surface area contributed by atoms with Crippen molar-refractivity contribution in [1.29, 1.82) is 0 Å². The molecule has 1 aliphatic carbocycles. The summed E-state index contributed by atoms with van der Waals surface area (Å²) in [4.78, 5) is 0. The van der Waals surface area contributed by atoms with E-state index < -0.39 is 74.8 Å². The summed E-state index contributed by atoms with van der Waals surface area (Å²) in [6, 6.07) is 26.1. The van der Waals surface area contributed by atoms with E-state index in [-0.39, 0.29) is 60.5 Å². The molecule has 3 aromatic rings. The van der Waals surface area contributed by atoms with E-state index in [2.05, 4.69) is 306 Å². The summed E-state index contributed by atoms with van der Waals surface area (Å²) in [5, 5.41) is 4.67. The van der Waals surface area contributed by atoms with Gasteiger partial charge in [0.15, 0.2) is 0 Å². The van der Waals surface area contributed by atoms with Crippen molar-refractivity contribution in [1.82, 2.24) is 0 Å². The van der Waals surface area contributed by atoms with Crippen molar-refractivity contribution in [2.24, 2.45) is 0 Å². The molecule has 70 heavy (non-hydrogen) atoms. The fraction of sp³-hybridized carbons (Fsp3) is 0.462. The normalized spacial score (nSPS) is 12.0. The number of halogens is 2. The molecule has 1 aliphatic rings. The Morgan fingerprint density at radius 1 is 0.486 bits per heavy atom. The molecule has 3 aromatic carbocycles. The van der Waals surface area contributed by atoms with Crippen LogP contribution in [0.25, 0.3) is 0 Å². The van der Waals surface area contributed by atoms with Crippen molar-refractivity contribution in [3.05, 3.63) is 130 Å². The maximum Gasteiger partial charge on any atom is 4.00 e. The van der Waals surface area contributed by atoms with Crippen LogP contribution in [0.5, 0.6) is 0 Å². The maximum atomic E-state index is 8.49. The van der Waals surface area contributed by atoms with Gasteiger partial charge in [-0.15, -0.1) is 10.2 Å². The molecule has 0 atom stereocenters.